The maximum Gasteiger partial charge on any atom is 0.418 e. The molecule has 6 heterocycles. The van der Waals surface area contributed by atoms with Crippen LogP contribution in [0.4, 0.5) is 33.5 Å². The lowest BCUT2D eigenvalue weighted by Gasteiger charge is -2.42. The number of likely N-dealkylation sites (N-methyl/N-ethyl adjacent to an activating group) is 1. The molecule has 2 N–H and O–H groups in total. The van der Waals surface area contributed by atoms with E-state index in [1.807, 2.05) is 18.9 Å². The van der Waals surface area contributed by atoms with Crippen LogP contribution in [-0.2, 0) is 6.18 Å². The molecule has 9 nitrogen and oxygen atoms in total. The van der Waals surface area contributed by atoms with E-state index in [1.165, 1.54) is 0 Å². The molecule has 4 aliphatic heterocycles. The van der Waals surface area contributed by atoms with Gasteiger partial charge in [-0.3, -0.25) is 4.90 Å². The highest BCUT2D eigenvalue weighted by atomic mass is 35.5. The number of likely N-dealkylation sites (tertiary alicyclic amines) is 1. The molecule has 3 fully saturated rings. The van der Waals surface area contributed by atoms with E-state index in [4.69, 9.17) is 31.8 Å². The van der Waals surface area contributed by atoms with Gasteiger partial charge >= 0.3 is 12.2 Å². The number of pyridine rings is 1. The monoisotopic (exact) mass is 653 g/mol. The standard InChI is InChI=1S/C30H33ClF5N7O2/c1-15-13-44-27-21-25(23(33)24(38-27)19-8-17(37)9-20(31)22(19)30(34,35)36)39-28(40-26(21)43(15)12-18-4-7-41(18)2)45-14-29-5-3-6-42(29)11-16(32)10-29/h8-9,15-16,18H,3-7,10-14,37H2,1-2H3/t15?,16-,18?,29+/m1/s1. The molecule has 242 valence electrons. The number of nitrogens with two attached hydrogens (primary N) is 1. The number of hydrogen-bond acceptors (Lipinski definition) is 9. The molecule has 15 heteroatoms. The number of nitrogen functional groups attached to an aromatic ring is 1. The molecule has 7 rings (SSSR count). The summed E-state index contributed by atoms with van der Waals surface area (Å²) in [5.41, 5.74) is 2.36. The van der Waals surface area contributed by atoms with Gasteiger partial charge in [-0.05, 0) is 58.5 Å². The average molecular weight is 654 g/mol. The van der Waals surface area contributed by atoms with Crippen molar-refractivity contribution in [2.45, 2.75) is 62.6 Å². The van der Waals surface area contributed by atoms with Gasteiger partial charge in [0.2, 0.25) is 5.88 Å². The van der Waals surface area contributed by atoms with E-state index in [9.17, 15) is 17.6 Å². The normalized spacial score (nSPS) is 26.9. The van der Waals surface area contributed by atoms with Crippen LogP contribution in [0.3, 0.4) is 0 Å². The second-order valence-electron chi connectivity index (χ2n) is 12.7. The minimum Gasteiger partial charge on any atom is -0.475 e. The Morgan fingerprint density at radius 1 is 1.20 bits per heavy atom. The SMILES string of the molecule is CC1COc2nc(-c3cc(N)cc(Cl)c3C(F)(F)F)c(F)c3nc(OC[C@@]45CCCN4C[C@H](F)C5)nc(c23)N1CC1CCN1C. The van der Waals surface area contributed by atoms with Gasteiger partial charge in [0.1, 0.15) is 41.8 Å². The van der Waals surface area contributed by atoms with Crippen LogP contribution in [0, 0.1) is 5.82 Å². The Bertz CT molecular complexity index is 1660. The third kappa shape index (κ3) is 5.18. The molecule has 2 aromatic heterocycles. The topological polar surface area (TPSA) is 92.9 Å². The lowest BCUT2D eigenvalue weighted by molar-refractivity contribution is -0.137. The maximum atomic E-state index is 16.7. The number of anilines is 2. The van der Waals surface area contributed by atoms with Gasteiger partial charge in [-0.1, -0.05) is 11.6 Å². The molecule has 4 aliphatic rings. The Kier molecular flexibility index (Phi) is 7.40. The number of aromatic nitrogens is 3. The first-order chi connectivity index (χ1) is 21.3. The van der Waals surface area contributed by atoms with Crippen LogP contribution in [0.2, 0.25) is 5.02 Å². The fourth-order valence-electron chi connectivity index (χ4n) is 7.20. The summed E-state index contributed by atoms with van der Waals surface area (Å²) in [6.45, 7) is 4.67. The Morgan fingerprint density at radius 3 is 2.71 bits per heavy atom. The molecule has 0 saturated carbocycles. The lowest BCUT2D eigenvalue weighted by Crippen LogP contribution is -2.53. The fourth-order valence-corrected chi connectivity index (χ4v) is 7.54. The zero-order chi connectivity index (χ0) is 31.8. The third-order valence-corrected chi connectivity index (χ3v) is 10.0. The summed E-state index contributed by atoms with van der Waals surface area (Å²) in [6, 6.07) is 1.72. The van der Waals surface area contributed by atoms with Crippen molar-refractivity contribution < 1.29 is 31.4 Å². The van der Waals surface area contributed by atoms with Crippen molar-refractivity contribution >= 4 is 34.0 Å². The first kappa shape index (κ1) is 30.4. The molecular formula is C30H33ClF5N7O2. The number of benzene rings is 1. The van der Waals surface area contributed by atoms with Crippen LogP contribution >= 0.6 is 11.6 Å². The number of alkyl halides is 4. The summed E-state index contributed by atoms with van der Waals surface area (Å²) >= 11 is 6.01. The van der Waals surface area contributed by atoms with Gasteiger partial charge in [-0.25, -0.2) is 13.8 Å². The quantitative estimate of drug-likeness (QED) is 0.280. The zero-order valence-corrected chi connectivity index (χ0v) is 25.6. The lowest BCUT2D eigenvalue weighted by atomic mass is 9.95. The predicted octanol–water partition coefficient (Wildman–Crippen LogP) is 5.33. The molecule has 1 aromatic carbocycles. The Hall–Kier alpha value is -3.23. The summed E-state index contributed by atoms with van der Waals surface area (Å²) < 4.78 is 86.0. The minimum atomic E-state index is -4.94. The van der Waals surface area contributed by atoms with Crippen molar-refractivity contribution in [3.63, 3.8) is 0 Å². The molecule has 0 spiro atoms. The van der Waals surface area contributed by atoms with E-state index in [0.29, 0.717) is 25.3 Å². The molecule has 45 heavy (non-hydrogen) atoms. The zero-order valence-electron chi connectivity index (χ0n) is 24.8. The van der Waals surface area contributed by atoms with Gasteiger partial charge in [0.25, 0.3) is 0 Å². The van der Waals surface area contributed by atoms with Gasteiger partial charge in [0.15, 0.2) is 5.82 Å². The van der Waals surface area contributed by atoms with Crippen LogP contribution in [-0.4, -0.2) is 95.0 Å². The summed E-state index contributed by atoms with van der Waals surface area (Å²) in [6.07, 6.45) is -3.02. The Morgan fingerprint density at radius 2 is 2.00 bits per heavy atom. The highest BCUT2D eigenvalue weighted by Gasteiger charge is 2.49. The van der Waals surface area contributed by atoms with Crippen LogP contribution in [0.5, 0.6) is 11.9 Å². The van der Waals surface area contributed by atoms with E-state index >= 15 is 4.39 Å². The molecule has 3 saturated heterocycles. The third-order valence-electron chi connectivity index (χ3n) is 9.71. The fraction of sp³-hybridized carbons (Fsp3) is 0.567. The van der Waals surface area contributed by atoms with Gasteiger partial charge in [-0.2, -0.15) is 23.1 Å². The second-order valence-corrected chi connectivity index (χ2v) is 13.1. The van der Waals surface area contributed by atoms with Crippen LogP contribution in [0.1, 0.15) is 38.2 Å². The number of fused-ring (bicyclic) bond motifs is 1. The first-order valence-corrected chi connectivity index (χ1v) is 15.4. The van der Waals surface area contributed by atoms with E-state index in [-0.39, 0.29) is 53.8 Å². The van der Waals surface area contributed by atoms with Crippen molar-refractivity contribution in [1.29, 1.82) is 0 Å². The highest BCUT2D eigenvalue weighted by molar-refractivity contribution is 6.32. The molecule has 3 aromatic rings. The van der Waals surface area contributed by atoms with Crippen molar-refractivity contribution in [3.05, 3.63) is 28.5 Å². The van der Waals surface area contributed by atoms with Crippen LogP contribution < -0.4 is 20.1 Å². The number of nitrogens with zero attached hydrogens (tertiary/aromatic N) is 6. The molecule has 4 atom stereocenters. The number of halogens is 6. The van der Waals surface area contributed by atoms with Gasteiger partial charge in [0.05, 0.1) is 22.2 Å². The summed E-state index contributed by atoms with van der Waals surface area (Å²) in [7, 11) is 2.01. The predicted molar refractivity (Wildman–Crippen MR) is 159 cm³/mol. The summed E-state index contributed by atoms with van der Waals surface area (Å²) in [5.74, 6) is -0.924. The molecule has 0 amide bonds. The van der Waals surface area contributed by atoms with Crippen molar-refractivity contribution in [3.8, 4) is 23.1 Å². The minimum absolute atomic E-state index is 0.0885. The smallest absolute Gasteiger partial charge is 0.418 e. The molecule has 0 radical (unpaired) electrons. The number of hydrogen-bond donors (Lipinski definition) is 1. The van der Waals surface area contributed by atoms with E-state index in [2.05, 4.69) is 19.8 Å². The second kappa shape index (κ2) is 10.9. The Balaban J connectivity index is 1.40. The van der Waals surface area contributed by atoms with Gasteiger partial charge in [-0.15, -0.1) is 0 Å². The van der Waals surface area contributed by atoms with Gasteiger partial charge < -0.3 is 25.0 Å². The number of ether oxygens (including phenoxy) is 2. The largest absolute Gasteiger partial charge is 0.475 e. The van der Waals surface area contributed by atoms with Crippen molar-refractivity contribution in [2.75, 3.05) is 57.1 Å². The Labute approximate surface area is 261 Å². The average Bonchev–Trinajstić information content (AvgIpc) is 3.45. The van der Waals surface area contributed by atoms with Crippen molar-refractivity contribution in [1.82, 2.24) is 24.8 Å². The molecular weight excluding hydrogens is 621 g/mol. The molecule has 2 unspecified atom stereocenters. The van der Waals surface area contributed by atoms with Gasteiger partial charge in [0, 0.05) is 36.8 Å². The summed E-state index contributed by atoms with van der Waals surface area (Å²) in [4.78, 5) is 19.7. The van der Waals surface area contributed by atoms with Crippen molar-refractivity contribution in [2.24, 2.45) is 0 Å². The van der Waals surface area contributed by atoms with Crippen LogP contribution in [0.15, 0.2) is 12.1 Å². The number of rotatable bonds is 6. The summed E-state index contributed by atoms with van der Waals surface area (Å²) in [5, 5.41) is -0.561. The highest BCUT2D eigenvalue weighted by Crippen LogP contribution is 2.47. The molecule has 0 aliphatic carbocycles. The first-order valence-electron chi connectivity index (χ1n) is 15.0. The molecule has 0 bridgehead atoms. The maximum absolute atomic E-state index is 16.7. The van der Waals surface area contributed by atoms with E-state index < -0.39 is 45.5 Å². The van der Waals surface area contributed by atoms with E-state index in [1.54, 1.807) is 0 Å². The van der Waals surface area contributed by atoms with Crippen LogP contribution in [0.25, 0.3) is 22.2 Å². The van der Waals surface area contributed by atoms with E-state index in [0.717, 1.165) is 44.5 Å².